The number of aromatic hydroxyl groups is 1. The molecular weight excluding hydrogens is 363 g/mol. The molecule has 4 rings (SSSR count). The molecule has 6 nitrogen and oxygen atoms in total. The first-order valence-electron chi connectivity index (χ1n) is 8.48. The van der Waals surface area contributed by atoms with Crippen LogP contribution in [0.5, 0.6) is 17.2 Å². The molecule has 0 spiro atoms. The minimum atomic E-state index is -0.823. The van der Waals surface area contributed by atoms with E-state index in [0.29, 0.717) is 22.7 Å². The van der Waals surface area contributed by atoms with Crippen molar-refractivity contribution >= 4 is 17.6 Å². The number of carbonyl (C=O) groups excluding carboxylic acids is 2. The molecule has 0 bridgehead atoms. The number of carbonyl (C=O) groups is 2. The maximum absolute atomic E-state index is 13.2. The topological polar surface area (TPSA) is 78.9 Å². The fourth-order valence-corrected chi connectivity index (χ4v) is 2.95. The predicted octanol–water partition coefficient (Wildman–Crippen LogP) is 4.12. The van der Waals surface area contributed by atoms with E-state index in [0.717, 1.165) is 4.90 Å². The highest BCUT2D eigenvalue weighted by atomic mass is 19.1. The van der Waals surface area contributed by atoms with Crippen molar-refractivity contribution < 1.29 is 23.8 Å². The lowest BCUT2D eigenvalue weighted by molar-refractivity contribution is -0.118. The van der Waals surface area contributed by atoms with Crippen LogP contribution in [0.1, 0.15) is 11.6 Å². The van der Waals surface area contributed by atoms with E-state index in [9.17, 15) is 19.1 Å². The molecular formula is C21H15FN2O4. The summed E-state index contributed by atoms with van der Waals surface area (Å²) < 4.78 is 18.8. The van der Waals surface area contributed by atoms with Gasteiger partial charge in [-0.3, -0.25) is 4.79 Å². The number of hydrogen-bond donors (Lipinski definition) is 2. The molecule has 1 unspecified atom stereocenters. The predicted molar refractivity (Wildman–Crippen MR) is 99.8 cm³/mol. The number of imide groups is 1. The van der Waals surface area contributed by atoms with Crippen molar-refractivity contribution in [3.05, 3.63) is 84.2 Å². The lowest BCUT2D eigenvalue weighted by Gasteiger charge is -2.14. The van der Waals surface area contributed by atoms with Crippen molar-refractivity contribution in [1.82, 2.24) is 5.32 Å². The largest absolute Gasteiger partial charge is 0.508 e. The first kappa shape index (κ1) is 17.5. The number of ether oxygens (including phenoxy) is 1. The first-order valence-corrected chi connectivity index (χ1v) is 8.48. The average molecular weight is 378 g/mol. The fraction of sp³-hybridized carbons (Fsp3) is 0.0476. The third-order valence-corrected chi connectivity index (χ3v) is 4.29. The molecule has 28 heavy (non-hydrogen) atoms. The van der Waals surface area contributed by atoms with Crippen molar-refractivity contribution in [2.45, 2.75) is 6.04 Å². The van der Waals surface area contributed by atoms with Crippen molar-refractivity contribution in [2.24, 2.45) is 0 Å². The highest BCUT2D eigenvalue weighted by Gasteiger charge is 2.39. The quantitative estimate of drug-likeness (QED) is 0.670. The highest BCUT2D eigenvalue weighted by molar-refractivity contribution is 6.21. The molecule has 1 aliphatic heterocycles. The van der Waals surface area contributed by atoms with Gasteiger partial charge in [-0.05, 0) is 54.1 Å². The molecule has 1 saturated heterocycles. The van der Waals surface area contributed by atoms with E-state index in [1.54, 1.807) is 42.5 Å². The van der Waals surface area contributed by atoms with Crippen LogP contribution < -0.4 is 15.0 Å². The Kier molecular flexibility index (Phi) is 4.41. The molecule has 1 fully saturated rings. The van der Waals surface area contributed by atoms with Crippen LogP contribution >= 0.6 is 0 Å². The van der Waals surface area contributed by atoms with E-state index >= 15 is 0 Å². The van der Waals surface area contributed by atoms with Crippen LogP contribution in [-0.4, -0.2) is 17.0 Å². The lowest BCUT2D eigenvalue weighted by Crippen LogP contribution is -2.30. The Morgan fingerprint density at radius 3 is 2.32 bits per heavy atom. The molecule has 7 heteroatoms. The maximum Gasteiger partial charge on any atom is 0.329 e. The van der Waals surface area contributed by atoms with Crippen LogP contribution in [0.25, 0.3) is 0 Å². The van der Waals surface area contributed by atoms with E-state index in [-0.39, 0.29) is 5.75 Å². The van der Waals surface area contributed by atoms with Gasteiger partial charge in [0, 0.05) is 6.07 Å². The van der Waals surface area contributed by atoms with Crippen LogP contribution in [0.2, 0.25) is 0 Å². The van der Waals surface area contributed by atoms with Crippen LogP contribution in [-0.2, 0) is 4.79 Å². The first-order chi connectivity index (χ1) is 13.5. The number of nitrogens with one attached hydrogen (secondary N) is 1. The molecule has 3 aromatic carbocycles. The zero-order valence-corrected chi connectivity index (χ0v) is 14.5. The number of hydrogen-bond acceptors (Lipinski definition) is 4. The average Bonchev–Trinajstić information content (AvgIpc) is 2.97. The fourth-order valence-electron chi connectivity index (χ4n) is 2.95. The summed E-state index contributed by atoms with van der Waals surface area (Å²) in [5, 5.41) is 12.0. The van der Waals surface area contributed by atoms with Gasteiger partial charge in [0.25, 0.3) is 5.91 Å². The summed E-state index contributed by atoms with van der Waals surface area (Å²) in [7, 11) is 0. The summed E-state index contributed by atoms with van der Waals surface area (Å²) in [5.74, 6) is 0.0288. The van der Waals surface area contributed by atoms with Gasteiger partial charge in [0.05, 0.1) is 5.69 Å². The lowest BCUT2D eigenvalue weighted by atomic mass is 10.1. The number of phenolic OH excluding ortho intramolecular Hbond substituents is 1. The maximum atomic E-state index is 13.2. The van der Waals surface area contributed by atoms with Crippen molar-refractivity contribution in [3.8, 4) is 17.2 Å². The Morgan fingerprint density at radius 2 is 1.64 bits per heavy atom. The minimum absolute atomic E-state index is 0.0752. The smallest absolute Gasteiger partial charge is 0.329 e. The zero-order valence-electron chi connectivity index (χ0n) is 14.5. The summed E-state index contributed by atoms with van der Waals surface area (Å²) >= 11 is 0. The number of amides is 3. The van der Waals surface area contributed by atoms with Gasteiger partial charge >= 0.3 is 6.03 Å². The summed E-state index contributed by atoms with van der Waals surface area (Å²) in [6.45, 7) is 0. The Balaban J connectivity index is 1.53. The van der Waals surface area contributed by atoms with Gasteiger partial charge in [-0.15, -0.1) is 0 Å². The van der Waals surface area contributed by atoms with Gasteiger partial charge in [0.1, 0.15) is 29.1 Å². The second-order valence-electron chi connectivity index (χ2n) is 6.20. The third-order valence-electron chi connectivity index (χ3n) is 4.29. The monoisotopic (exact) mass is 378 g/mol. The van der Waals surface area contributed by atoms with E-state index in [4.69, 9.17) is 4.74 Å². The van der Waals surface area contributed by atoms with E-state index in [1.807, 2.05) is 0 Å². The molecule has 0 aromatic heterocycles. The number of rotatable bonds is 4. The van der Waals surface area contributed by atoms with E-state index in [2.05, 4.69) is 5.32 Å². The Labute approximate surface area is 159 Å². The van der Waals surface area contributed by atoms with Crippen molar-refractivity contribution in [1.29, 1.82) is 0 Å². The Hall–Kier alpha value is -3.87. The highest BCUT2D eigenvalue weighted by Crippen LogP contribution is 2.30. The van der Waals surface area contributed by atoms with Crippen molar-refractivity contribution in [2.75, 3.05) is 4.90 Å². The van der Waals surface area contributed by atoms with Crippen LogP contribution in [0.3, 0.4) is 0 Å². The van der Waals surface area contributed by atoms with E-state index < -0.39 is 23.8 Å². The van der Waals surface area contributed by atoms with Gasteiger partial charge in [-0.2, -0.15) is 0 Å². The normalized spacial score (nSPS) is 16.2. The second kappa shape index (κ2) is 7.03. The molecule has 0 aliphatic carbocycles. The Morgan fingerprint density at radius 1 is 0.929 bits per heavy atom. The summed E-state index contributed by atoms with van der Waals surface area (Å²) in [6.07, 6.45) is 0. The van der Waals surface area contributed by atoms with Crippen LogP contribution in [0.15, 0.2) is 72.8 Å². The molecule has 0 radical (unpaired) electrons. The van der Waals surface area contributed by atoms with Crippen LogP contribution in [0, 0.1) is 5.82 Å². The van der Waals surface area contributed by atoms with Gasteiger partial charge < -0.3 is 15.2 Å². The van der Waals surface area contributed by atoms with Gasteiger partial charge in [-0.25, -0.2) is 14.1 Å². The summed E-state index contributed by atoms with van der Waals surface area (Å²) in [4.78, 5) is 26.1. The SMILES string of the molecule is O=C1NC(c2ccc(O)cc2)C(=O)N1c1ccc(Oc2cccc(F)c2)cc1. The number of benzene rings is 3. The van der Waals surface area contributed by atoms with Crippen LogP contribution in [0.4, 0.5) is 14.9 Å². The van der Waals surface area contributed by atoms with Gasteiger partial charge in [0.15, 0.2) is 0 Å². The summed E-state index contributed by atoms with van der Waals surface area (Å²) in [6, 6.07) is 16.8. The van der Waals surface area contributed by atoms with E-state index in [1.165, 1.54) is 30.3 Å². The molecule has 140 valence electrons. The minimum Gasteiger partial charge on any atom is -0.508 e. The number of phenols is 1. The van der Waals surface area contributed by atoms with Gasteiger partial charge in [0.2, 0.25) is 0 Å². The molecule has 3 aromatic rings. The number of urea groups is 1. The summed E-state index contributed by atoms with van der Waals surface area (Å²) in [5.41, 5.74) is 0.958. The molecule has 2 N–H and O–H groups in total. The second-order valence-corrected chi connectivity index (χ2v) is 6.20. The zero-order chi connectivity index (χ0) is 19.7. The number of halogens is 1. The number of nitrogens with zero attached hydrogens (tertiary/aromatic N) is 1. The molecule has 0 saturated carbocycles. The third kappa shape index (κ3) is 3.37. The molecule has 1 aliphatic rings. The van der Waals surface area contributed by atoms with Crippen molar-refractivity contribution in [3.63, 3.8) is 0 Å². The molecule has 1 atom stereocenters. The Bertz CT molecular complexity index is 1040. The standard InChI is InChI=1S/C21H15FN2O4/c22-14-2-1-3-18(12-14)28-17-10-6-15(7-11-17)24-20(26)19(23-21(24)27)13-4-8-16(25)9-5-13/h1-12,19,25H,(H,23,27). The number of anilines is 1. The molecule has 1 heterocycles. The van der Waals surface area contributed by atoms with Gasteiger partial charge in [-0.1, -0.05) is 18.2 Å². The molecule has 3 amide bonds.